The lowest BCUT2D eigenvalue weighted by Crippen LogP contribution is -2.17. The minimum absolute atomic E-state index is 0.318. The average molecular weight is 231 g/mol. The minimum atomic E-state index is -0.318. The van der Waals surface area contributed by atoms with E-state index < -0.39 is 0 Å². The molecule has 0 spiro atoms. The summed E-state index contributed by atoms with van der Waals surface area (Å²) < 4.78 is 4.55. The lowest BCUT2D eigenvalue weighted by atomic mass is 10.2. The van der Waals surface area contributed by atoms with E-state index in [2.05, 4.69) is 15.1 Å². The van der Waals surface area contributed by atoms with Gasteiger partial charge in [-0.3, -0.25) is 10.2 Å². The maximum Gasteiger partial charge on any atom is 0.293 e. The Morgan fingerprint density at radius 2 is 2.20 bits per heavy atom. The van der Waals surface area contributed by atoms with E-state index in [1.54, 1.807) is 0 Å². The molecule has 1 rings (SSSR count). The second-order valence-electron chi connectivity index (χ2n) is 3.76. The Morgan fingerprint density at radius 1 is 1.60 bits per heavy atom. The Balaban J connectivity index is 0.000000265. The van der Waals surface area contributed by atoms with Gasteiger partial charge in [0.25, 0.3) is 6.47 Å². The molecular formula is C9H17N3O2S. The molecule has 3 N–H and O–H groups in total. The van der Waals surface area contributed by atoms with Gasteiger partial charge >= 0.3 is 0 Å². The predicted molar refractivity (Wildman–Crippen MR) is 61.6 cm³/mol. The number of thiazole rings is 1. The summed E-state index contributed by atoms with van der Waals surface area (Å²) >= 11 is 1.50. The van der Waals surface area contributed by atoms with Gasteiger partial charge in [0.1, 0.15) is 5.60 Å². The highest BCUT2D eigenvalue weighted by Gasteiger charge is 2.07. The summed E-state index contributed by atoms with van der Waals surface area (Å²) in [5.74, 6) is 5.06. The van der Waals surface area contributed by atoms with Crippen molar-refractivity contribution >= 4 is 22.9 Å². The van der Waals surface area contributed by atoms with Crippen molar-refractivity contribution in [3.8, 4) is 0 Å². The van der Waals surface area contributed by atoms with Crippen LogP contribution in [0.15, 0.2) is 5.38 Å². The van der Waals surface area contributed by atoms with Crippen molar-refractivity contribution in [3.63, 3.8) is 0 Å². The fourth-order valence-electron chi connectivity index (χ4n) is 0.565. The van der Waals surface area contributed by atoms with Crippen LogP contribution in [0.4, 0.5) is 5.13 Å². The number of carbonyl (C=O) groups excluding carboxylic acids is 1. The summed E-state index contributed by atoms with van der Waals surface area (Å²) in [5.41, 5.74) is 3.14. The van der Waals surface area contributed by atoms with Gasteiger partial charge in [0.2, 0.25) is 0 Å². The van der Waals surface area contributed by atoms with E-state index in [-0.39, 0.29) is 5.60 Å². The molecule has 15 heavy (non-hydrogen) atoms. The van der Waals surface area contributed by atoms with Crippen LogP contribution in [0.3, 0.4) is 0 Å². The zero-order chi connectivity index (χ0) is 11.9. The summed E-state index contributed by atoms with van der Waals surface area (Å²) in [4.78, 5) is 13.6. The average Bonchev–Trinajstić information content (AvgIpc) is 2.50. The van der Waals surface area contributed by atoms with Crippen molar-refractivity contribution < 1.29 is 9.53 Å². The van der Waals surface area contributed by atoms with Crippen LogP contribution in [-0.2, 0) is 9.53 Å². The molecule has 0 aliphatic carbocycles. The summed E-state index contributed by atoms with van der Waals surface area (Å²) in [6, 6.07) is 0. The molecule has 0 aliphatic rings. The van der Waals surface area contributed by atoms with E-state index >= 15 is 0 Å². The first-order chi connectivity index (χ1) is 6.89. The number of hydrazine groups is 1. The maximum absolute atomic E-state index is 9.60. The molecule has 1 heterocycles. The van der Waals surface area contributed by atoms with Crippen molar-refractivity contribution in [2.24, 2.45) is 5.84 Å². The van der Waals surface area contributed by atoms with Gasteiger partial charge in [-0.05, 0) is 27.7 Å². The topological polar surface area (TPSA) is 77.2 Å². The number of anilines is 1. The largest absolute Gasteiger partial charge is 0.462 e. The van der Waals surface area contributed by atoms with Crippen molar-refractivity contribution in [2.75, 3.05) is 5.43 Å². The fraction of sp³-hybridized carbons (Fsp3) is 0.556. The highest BCUT2D eigenvalue weighted by molar-refractivity contribution is 7.13. The number of nitrogens with two attached hydrogens (primary N) is 1. The molecule has 5 nitrogen and oxygen atoms in total. The van der Waals surface area contributed by atoms with Gasteiger partial charge in [0.15, 0.2) is 5.13 Å². The van der Waals surface area contributed by atoms with E-state index in [1.165, 1.54) is 11.3 Å². The second kappa shape index (κ2) is 6.36. The smallest absolute Gasteiger partial charge is 0.293 e. The summed E-state index contributed by atoms with van der Waals surface area (Å²) in [7, 11) is 0. The zero-order valence-corrected chi connectivity index (χ0v) is 10.2. The molecule has 0 atom stereocenters. The van der Waals surface area contributed by atoms with E-state index in [9.17, 15) is 4.79 Å². The molecule has 6 heteroatoms. The van der Waals surface area contributed by atoms with Gasteiger partial charge in [0.05, 0.1) is 5.69 Å². The predicted octanol–water partition coefficient (Wildman–Crippen LogP) is 1.70. The molecule has 0 aliphatic heterocycles. The molecule has 0 amide bonds. The van der Waals surface area contributed by atoms with Crippen molar-refractivity contribution in [2.45, 2.75) is 33.3 Å². The number of nitrogens with one attached hydrogen (secondary N) is 1. The number of rotatable bonds is 2. The first-order valence-corrected chi connectivity index (χ1v) is 5.27. The van der Waals surface area contributed by atoms with E-state index in [0.717, 1.165) is 10.8 Å². The third-order valence-electron chi connectivity index (χ3n) is 1.14. The Bertz CT molecular complexity index is 294. The Morgan fingerprint density at radius 3 is 2.33 bits per heavy atom. The van der Waals surface area contributed by atoms with Gasteiger partial charge < -0.3 is 4.74 Å². The lowest BCUT2D eigenvalue weighted by Gasteiger charge is -2.14. The summed E-state index contributed by atoms with van der Waals surface area (Å²) in [6.45, 7) is 7.85. The Kier molecular flexibility index (Phi) is 5.88. The Labute approximate surface area is 93.6 Å². The Hall–Kier alpha value is -1.14. The molecule has 1 aromatic rings. The first-order valence-electron chi connectivity index (χ1n) is 4.39. The molecule has 0 fully saturated rings. The number of aryl methyl sites for hydroxylation is 1. The van der Waals surface area contributed by atoms with Crippen LogP contribution in [0.2, 0.25) is 0 Å². The number of nitrogens with zero attached hydrogens (tertiary/aromatic N) is 1. The molecule has 0 aromatic carbocycles. The molecule has 0 saturated carbocycles. The van der Waals surface area contributed by atoms with Crippen LogP contribution < -0.4 is 11.3 Å². The molecule has 0 saturated heterocycles. The zero-order valence-electron chi connectivity index (χ0n) is 9.40. The van der Waals surface area contributed by atoms with Gasteiger partial charge in [0, 0.05) is 5.38 Å². The number of aromatic nitrogens is 1. The molecule has 0 bridgehead atoms. The van der Waals surface area contributed by atoms with Crippen molar-refractivity contribution in [1.29, 1.82) is 0 Å². The van der Waals surface area contributed by atoms with Crippen molar-refractivity contribution in [3.05, 3.63) is 11.1 Å². The highest BCUT2D eigenvalue weighted by Crippen LogP contribution is 2.11. The third-order valence-corrected chi connectivity index (χ3v) is 2.04. The number of hydrogen-bond acceptors (Lipinski definition) is 6. The van der Waals surface area contributed by atoms with Gasteiger partial charge in [-0.25, -0.2) is 10.8 Å². The minimum Gasteiger partial charge on any atom is -0.462 e. The molecule has 1 aromatic heterocycles. The normalized spacial score (nSPS) is 9.93. The molecular weight excluding hydrogens is 214 g/mol. The number of ether oxygens (including phenoxy) is 1. The molecule has 0 unspecified atom stereocenters. The summed E-state index contributed by atoms with van der Waals surface area (Å²) in [6.07, 6.45) is 0. The SMILES string of the molecule is CC(C)(C)OC=O.Cc1csc(NN)n1. The van der Waals surface area contributed by atoms with Crippen LogP contribution in [-0.4, -0.2) is 17.1 Å². The van der Waals surface area contributed by atoms with Crippen LogP contribution in [0.25, 0.3) is 0 Å². The maximum atomic E-state index is 9.60. The summed E-state index contributed by atoms with van der Waals surface area (Å²) in [5, 5.41) is 2.71. The van der Waals surface area contributed by atoms with Crippen LogP contribution in [0.1, 0.15) is 26.5 Å². The fourth-order valence-corrected chi connectivity index (χ4v) is 1.16. The third kappa shape index (κ3) is 7.90. The van der Waals surface area contributed by atoms with Crippen molar-refractivity contribution in [1.82, 2.24) is 4.98 Å². The van der Waals surface area contributed by atoms with Crippen LogP contribution >= 0.6 is 11.3 Å². The van der Waals surface area contributed by atoms with Gasteiger partial charge in [-0.2, -0.15) is 0 Å². The number of nitrogen functional groups attached to an aromatic ring is 1. The monoisotopic (exact) mass is 231 g/mol. The van der Waals surface area contributed by atoms with Crippen LogP contribution in [0.5, 0.6) is 0 Å². The van der Waals surface area contributed by atoms with E-state index in [4.69, 9.17) is 5.84 Å². The quantitative estimate of drug-likeness (QED) is 0.460. The standard InChI is InChI=1S/C5H10O2.C4H7N3S/c1-5(2,3)7-4-6;1-3-2-8-4(6-3)7-5/h4H,1-3H3;2H,5H2,1H3,(H,6,7). The van der Waals surface area contributed by atoms with E-state index in [0.29, 0.717) is 6.47 Å². The van der Waals surface area contributed by atoms with Gasteiger partial charge in [-0.15, -0.1) is 11.3 Å². The number of hydrogen-bond donors (Lipinski definition) is 2. The lowest BCUT2D eigenvalue weighted by molar-refractivity contribution is -0.138. The number of carbonyl (C=O) groups is 1. The van der Waals surface area contributed by atoms with Crippen LogP contribution in [0, 0.1) is 6.92 Å². The first kappa shape index (κ1) is 13.9. The molecule has 0 radical (unpaired) electrons. The highest BCUT2D eigenvalue weighted by atomic mass is 32.1. The van der Waals surface area contributed by atoms with E-state index in [1.807, 2.05) is 33.1 Å². The van der Waals surface area contributed by atoms with Gasteiger partial charge in [-0.1, -0.05) is 0 Å². The second-order valence-corrected chi connectivity index (χ2v) is 4.62. The molecule has 86 valence electrons.